The number of ether oxygens (including phenoxy) is 1. The van der Waals surface area contributed by atoms with E-state index in [0.29, 0.717) is 22.0 Å². The summed E-state index contributed by atoms with van der Waals surface area (Å²) in [7, 11) is 1.61. The van der Waals surface area contributed by atoms with Gasteiger partial charge in [0.15, 0.2) is 0 Å². The van der Waals surface area contributed by atoms with Crippen molar-refractivity contribution in [3.8, 4) is 5.75 Å². The van der Waals surface area contributed by atoms with E-state index in [1.165, 1.54) is 0 Å². The van der Waals surface area contributed by atoms with Crippen molar-refractivity contribution in [2.24, 2.45) is 0 Å². The Morgan fingerprint density at radius 1 is 1.10 bits per heavy atom. The SMILES string of the molecule is COc1ccc(N2C(=O)CSC2c2cccc(NC(=O)c3ccccc3Cl)c2)cc1. The van der Waals surface area contributed by atoms with Crippen molar-refractivity contribution < 1.29 is 14.3 Å². The molecule has 1 fully saturated rings. The third-order valence-electron chi connectivity index (χ3n) is 4.77. The number of carbonyl (C=O) groups excluding carboxylic acids is 2. The van der Waals surface area contributed by atoms with Crippen molar-refractivity contribution in [3.05, 3.63) is 88.9 Å². The molecule has 0 radical (unpaired) electrons. The lowest BCUT2D eigenvalue weighted by atomic mass is 10.1. The third kappa shape index (κ3) is 4.15. The molecule has 0 aliphatic carbocycles. The molecule has 7 heteroatoms. The minimum absolute atomic E-state index is 0.0423. The molecule has 1 unspecified atom stereocenters. The fourth-order valence-electron chi connectivity index (χ4n) is 3.31. The van der Waals surface area contributed by atoms with Crippen molar-refractivity contribution in [2.75, 3.05) is 23.1 Å². The second-order valence-electron chi connectivity index (χ2n) is 6.68. The maximum atomic E-state index is 12.6. The first-order valence-corrected chi connectivity index (χ1v) is 10.7. The van der Waals surface area contributed by atoms with Crippen LogP contribution in [-0.2, 0) is 4.79 Å². The summed E-state index contributed by atoms with van der Waals surface area (Å²) < 4.78 is 5.21. The number of benzene rings is 3. The molecule has 1 heterocycles. The summed E-state index contributed by atoms with van der Waals surface area (Å²) in [4.78, 5) is 27.0. The highest BCUT2D eigenvalue weighted by atomic mass is 35.5. The predicted molar refractivity (Wildman–Crippen MR) is 122 cm³/mol. The maximum Gasteiger partial charge on any atom is 0.257 e. The number of anilines is 2. The van der Waals surface area contributed by atoms with Crippen molar-refractivity contribution in [1.82, 2.24) is 0 Å². The molecule has 5 nitrogen and oxygen atoms in total. The summed E-state index contributed by atoms with van der Waals surface area (Å²) >= 11 is 7.68. The third-order valence-corrected chi connectivity index (χ3v) is 6.31. The fourth-order valence-corrected chi connectivity index (χ4v) is 4.69. The lowest BCUT2D eigenvalue weighted by molar-refractivity contribution is -0.115. The van der Waals surface area contributed by atoms with Crippen LogP contribution in [0.3, 0.4) is 0 Å². The smallest absolute Gasteiger partial charge is 0.257 e. The molecule has 1 aliphatic heterocycles. The molecule has 1 atom stereocenters. The van der Waals surface area contributed by atoms with Gasteiger partial charge in [0.1, 0.15) is 11.1 Å². The number of nitrogens with zero attached hydrogens (tertiary/aromatic N) is 1. The fraction of sp³-hybridized carbons (Fsp3) is 0.130. The summed E-state index contributed by atoms with van der Waals surface area (Å²) in [5.74, 6) is 0.895. The summed E-state index contributed by atoms with van der Waals surface area (Å²) in [5.41, 5.74) is 2.79. The van der Waals surface area contributed by atoms with E-state index in [1.807, 2.05) is 48.5 Å². The lowest BCUT2D eigenvalue weighted by Gasteiger charge is -2.25. The lowest BCUT2D eigenvalue weighted by Crippen LogP contribution is -2.27. The van der Waals surface area contributed by atoms with Crippen molar-refractivity contribution >= 4 is 46.6 Å². The van der Waals surface area contributed by atoms with E-state index in [1.54, 1.807) is 48.0 Å². The molecular formula is C23H19ClN2O3S. The van der Waals surface area contributed by atoms with Gasteiger partial charge in [-0.3, -0.25) is 14.5 Å². The number of amides is 2. The number of nitrogens with one attached hydrogen (secondary N) is 1. The van der Waals surface area contributed by atoms with Crippen LogP contribution in [0.15, 0.2) is 72.8 Å². The van der Waals surface area contributed by atoms with Gasteiger partial charge in [-0.25, -0.2) is 0 Å². The van der Waals surface area contributed by atoms with Gasteiger partial charge in [0.25, 0.3) is 5.91 Å². The Morgan fingerprint density at radius 2 is 1.87 bits per heavy atom. The van der Waals surface area contributed by atoms with Crippen LogP contribution in [0.5, 0.6) is 5.75 Å². The second kappa shape index (κ2) is 8.81. The Morgan fingerprint density at radius 3 is 2.60 bits per heavy atom. The van der Waals surface area contributed by atoms with Crippen LogP contribution < -0.4 is 15.0 Å². The summed E-state index contributed by atoms with van der Waals surface area (Å²) in [6.07, 6.45) is 0. The normalized spacial score (nSPS) is 15.9. The van der Waals surface area contributed by atoms with Gasteiger partial charge in [-0.2, -0.15) is 0 Å². The van der Waals surface area contributed by atoms with E-state index in [9.17, 15) is 9.59 Å². The van der Waals surface area contributed by atoms with Crippen LogP contribution in [0.2, 0.25) is 5.02 Å². The number of methoxy groups -OCH3 is 1. The summed E-state index contributed by atoms with van der Waals surface area (Å²) in [6, 6.07) is 21.9. The largest absolute Gasteiger partial charge is 0.497 e. The minimum Gasteiger partial charge on any atom is -0.497 e. The first-order valence-electron chi connectivity index (χ1n) is 9.30. The summed E-state index contributed by atoms with van der Waals surface area (Å²) in [5, 5.41) is 3.11. The number of hydrogen-bond acceptors (Lipinski definition) is 4. The maximum absolute atomic E-state index is 12.6. The number of carbonyl (C=O) groups is 2. The van der Waals surface area contributed by atoms with Crippen LogP contribution >= 0.6 is 23.4 Å². The van der Waals surface area contributed by atoms with Gasteiger partial charge >= 0.3 is 0 Å². The van der Waals surface area contributed by atoms with E-state index in [-0.39, 0.29) is 17.2 Å². The van der Waals surface area contributed by atoms with E-state index in [4.69, 9.17) is 16.3 Å². The van der Waals surface area contributed by atoms with Gasteiger partial charge < -0.3 is 10.1 Å². The molecule has 0 spiro atoms. The number of thioether (sulfide) groups is 1. The molecule has 0 aromatic heterocycles. The van der Waals surface area contributed by atoms with Crippen LogP contribution in [-0.4, -0.2) is 24.7 Å². The van der Waals surface area contributed by atoms with Crippen LogP contribution in [0, 0.1) is 0 Å². The van der Waals surface area contributed by atoms with Gasteiger partial charge in [0, 0.05) is 11.4 Å². The Hall–Kier alpha value is -2.96. The second-order valence-corrected chi connectivity index (χ2v) is 8.16. The van der Waals surface area contributed by atoms with E-state index in [2.05, 4.69) is 5.32 Å². The molecule has 0 bridgehead atoms. The van der Waals surface area contributed by atoms with E-state index in [0.717, 1.165) is 17.0 Å². The number of hydrogen-bond donors (Lipinski definition) is 1. The van der Waals surface area contributed by atoms with Gasteiger partial charge in [-0.15, -0.1) is 11.8 Å². The molecule has 152 valence electrons. The Kier molecular flexibility index (Phi) is 5.97. The van der Waals surface area contributed by atoms with E-state index < -0.39 is 0 Å². The zero-order valence-corrected chi connectivity index (χ0v) is 17.7. The van der Waals surface area contributed by atoms with Crippen molar-refractivity contribution in [2.45, 2.75) is 5.37 Å². The zero-order chi connectivity index (χ0) is 21.1. The first kappa shape index (κ1) is 20.3. The highest BCUT2D eigenvalue weighted by Crippen LogP contribution is 2.42. The average Bonchev–Trinajstić information content (AvgIpc) is 3.15. The Labute approximate surface area is 184 Å². The van der Waals surface area contributed by atoms with Gasteiger partial charge in [0.05, 0.1) is 23.4 Å². The monoisotopic (exact) mass is 438 g/mol. The molecule has 4 rings (SSSR count). The molecule has 1 saturated heterocycles. The highest BCUT2D eigenvalue weighted by Gasteiger charge is 2.34. The predicted octanol–water partition coefficient (Wildman–Crippen LogP) is 5.38. The molecular weight excluding hydrogens is 420 g/mol. The topological polar surface area (TPSA) is 58.6 Å². The number of halogens is 1. The molecule has 3 aromatic rings. The molecule has 2 amide bonds. The van der Waals surface area contributed by atoms with Crippen LogP contribution in [0.4, 0.5) is 11.4 Å². The molecule has 3 aromatic carbocycles. The minimum atomic E-state index is -0.278. The van der Waals surface area contributed by atoms with Crippen LogP contribution in [0.1, 0.15) is 21.3 Å². The van der Waals surface area contributed by atoms with Gasteiger partial charge in [0.2, 0.25) is 5.91 Å². The average molecular weight is 439 g/mol. The quantitative estimate of drug-likeness (QED) is 0.581. The van der Waals surface area contributed by atoms with Crippen LogP contribution in [0.25, 0.3) is 0 Å². The molecule has 30 heavy (non-hydrogen) atoms. The van der Waals surface area contributed by atoms with Crippen molar-refractivity contribution in [1.29, 1.82) is 0 Å². The van der Waals surface area contributed by atoms with E-state index >= 15 is 0 Å². The number of rotatable bonds is 5. The molecule has 1 N–H and O–H groups in total. The van der Waals surface area contributed by atoms with Gasteiger partial charge in [-0.1, -0.05) is 35.9 Å². The Balaban J connectivity index is 1.58. The van der Waals surface area contributed by atoms with Gasteiger partial charge in [-0.05, 0) is 54.1 Å². The highest BCUT2D eigenvalue weighted by molar-refractivity contribution is 8.00. The summed E-state index contributed by atoms with van der Waals surface area (Å²) in [6.45, 7) is 0. The standard InChI is InChI=1S/C23H19ClN2O3S/c1-29-18-11-9-17(10-12-18)26-21(27)14-30-23(26)15-5-4-6-16(13-15)25-22(28)19-7-2-3-8-20(19)24/h2-13,23H,14H2,1H3,(H,25,28). The Bertz CT molecular complexity index is 1090. The molecule has 0 saturated carbocycles. The molecule has 1 aliphatic rings. The first-order chi connectivity index (χ1) is 14.6. The zero-order valence-electron chi connectivity index (χ0n) is 16.2. The van der Waals surface area contributed by atoms with Crippen molar-refractivity contribution in [3.63, 3.8) is 0 Å².